The van der Waals surface area contributed by atoms with Gasteiger partial charge in [-0.15, -0.1) is 0 Å². The zero-order chi connectivity index (χ0) is 22.9. The first kappa shape index (κ1) is 22.7. The molecule has 1 nitrogen and oxygen atoms in total. The van der Waals surface area contributed by atoms with Crippen molar-refractivity contribution in [1.82, 2.24) is 0 Å². The fourth-order valence-corrected chi connectivity index (χ4v) is 3.13. The third-order valence-electron chi connectivity index (χ3n) is 4.76. The van der Waals surface area contributed by atoms with E-state index in [-0.39, 0.29) is 11.6 Å². The van der Waals surface area contributed by atoms with E-state index >= 15 is 0 Å². The first-order valence-electron chi connectivity index (χ1n) is 9.35. The lowest BCUT2D eigenvalue weighted by atomic mass is 10.00. The Bertz CT molecular complexity index is 1080. The number of alkyl halides is 2. The van der Waals surface area contributed by atoms with Gasteiger partial charge in [-0.25, -0.2) is 22.0 Å². The van der Waals surface area contributed by atoms with Gasteiger partial charge in [0.15, 0.2) is 17.5 Å². The van der Waals surface area contributed by atoms with Crippen molar-refractivity contribution in [3.63, 3.8) is 0 Å². The van der Waals surface area contributed by atoms with Crippen LogP contribution < -0.4 is 4.74 Å². The highest BCUT2D eigenvalue weighted by Crippen LogP contribution is 2.39. The Balaban J connectivity index is 1.97. The minimum Gasteiger partial charge on any atom is -0.428 e. The Labute approximate surface area is 174 Å². The van der Waals surface area contributed by atoms with E-state index in [0.29, 0.717) is 17.7 Å². The lowest BCUT2D eigenvalue weighted by Crippen LogP contribution is -2.26. The average molecular weight is 442 g/mol. The van der Waals surface area contributed by atoms with Crippen LogP contribution in [0.4, 0.5) is 30.7 Å². The van der Waals surface area contributed by atoms with E-state index in [9.17, 15) is 30.7 Å². The maximum Gasteiger partial charge on any atom is 0.432 e. The molecule has 0 heterocycles. The highest BCUT2D eigenvalue weighted by Gasteiger charge is 2.42. The largest absolute Gasteiger partial charge is 0.432 e. The van der Waals surface area contributed by atoms with E-state index in [1.165, 1.54) is 0 Å². The van der Waals surface area contributed by atoms with Gasteiger partial charge < -0.3 is 4.74 Å². The topological polar surface area (TPSA) is 9.23 Å². The van der Waals surface area contributed by atoms with Crippen LogP contribution in [0.25, 0.3) is 11.1 Å². The second-order valence-corrected chi connectivity index (χ2v) is 6.99. The molecule has 0 spiro atoms. The Kier molecular flexibility index (Phi) is 6.29. The number of ether oxygens (including phenoxy) is 1. The summed E-state index contributed by atoms with van der Waals surface area (Å²) in [4.78, 5) is 0. The third-order valence-corrected chi connectivity index (χ3v) is 4.76. The van der Waals surface area contributed by atoms with Gasteiger partial charge >= 0.3 is 6.11 Å². The van der Waals surface area contributed by atoms with Gasteiger partial charge in [0.1, 0.15) is 22.9 Å². The number of rotatable bonds is 6. The molecule has 0 aromatic heterocycles. The summed E-state index contributed by atoms with van der Waals surface area (Å²) < 4.78 is 103. The number of halogens is 7. The van der Waals surface area contributed by atoms with E-state index in [0.717, 1.165) is 25.3 Å². The van der Waals surface area contributed by atoms with Crippen LogP contribution in [0.3, 0.4) is 0 Å². The van der Waals surface area contributed by atoms with Crippen LogP contribution in [0.15, 0.2) is 42.5 Å². The van der Waals surface area contributed by atoms with Crippen LogP contribution in [0.5, 0.6) is 5.75 Å². The summed E-state index contributed by atoms with van der Waals surface area (Å²) in [6.07, 6.45) is -2.90. The lowest BCUT2D eigenvalue weighted by Gasteiger charge is -2.21. The molecular weight excluding hydrogens is 425 g/mol. The monoisotopic (exact) mass is 442 g/mol. The van der Waals surface area contributed by atoms with Crippen molar-refractivity contribution in [2.45, 2.75) is 32.8 Å². The molecule has 0 aliphatic heterocycles. The zero-order valence-corrected chi connectivity index (χ0v) is 16.5. The highest BCUT2D eigenvalue weighted by atomic mass is 19.3. The molecule has 0 atom stereocenters. The van der Waals surface area contributed by atoms with Gasteiger partial charge in [-0.1, -0.05) is 37.6 Å². The van der Waals surface area contributed by atoms with Crippen LogP contribution in [-0.4, -0.2) is 0 Å². The molecule has 0 saturated heterocycles. The zero-order valence-electron chi connectivity index (χ0n) is 16.5. The minimum absolute atomic E-state index is 0.0210. The molecule has 0 saturated carbocycles. The van der Waals surface area contributed by atoms with Gasteiger partial charge in [-0.2, -0.15) is 8.78 Å². The summed E-state index contributed by atoms with van der Waals surface area (Å²) in [6.45, 7) is 2.86. The van der Waals surface area contributed by atoms with Gasteiger partial charge in [-0.05, 0) is 42.2 Å². The number of hydrogen-bond donors (Lipinski definition) is 0. The predicted octanol–water partition coefficient (Wildman–Crippen LogP) is 7.44. The molecule has 0 fully saturated rings. The van der Waals surface area contributed by atoms with Gasteiger partial charge in [0.2, 0.25) is 0 Å². The molecule has 8 heteroatoms. The number of benzene rings is 3. The molecule has 0 bridgehead atoms. The highest BCUT2D eigenvalue weighted by molar-refractivity contribution is 5.64. The van der Waals surface area contributed by atoms with E-state index < -0.39 is 52.1 Å². The van der Waals surface area contributed by atoms with Gasteiger partial charge in [0, 0.05) is 11.6 Å². The van der Waals surface area contributed by atoms with Crippen molar-refractivity contribution in [3.8, 4) is 16.9 Å². The second kappa shape index (κ2) is 8.61. The van der Waals surface area contributed by atoms with Crippen molar-refractivity contribution in [2.75, 3.05) is 0 Å². The van der Waals surface area contributed by atoms with Crippen LogP contribution in [0.1, 0.15) is 30.0 Å². The lowest BCUT2D eigenvalue weighted by molar-refractivity contribution is -0.190. The third kappa shape index (κ3) is 4.52. The summed E-state index contributed by atoms with van der Waals surface area (Å²) in [5.41, 5.74) is -1.07. The smallest absolute Gasteiger partial charge is 0.428 e. The standard InChI is InChI=1S/C23H17F7O/c1-3-4-13-5-7-14(8-6-13)15-9-16(24)20(17(25)10-15)23(29,30)31-19-11-18(26)22(28)21(27)12(19)2/h5-11H,3-4H2,1-2H3. The molecule has 0 aliphatic rings. The first-order valence-corrected chi connectivity index (χ1v) is 9.35. The van der Waals surface area contributed by atoms with Crippen molar-refractivity contribution in [2.24, 2.45) is 0 Å². The Morgan fingerprint density at radius 2 is 1.35 bits per heavy atom. The molecule has 0 radical (unpaired) electrons. The summed E-state index contributed by atoms with van der Waals surface area (Å²) in [6, 6.07) is 8.36. The quantitative estimate of drug-likeness (QED) is 0.285. The molecule has 0 N–H and O–H groups in total. The molecule has 3 aromatic rings. The van der Waals surface area contributed by atoms with Gasteiger partial charge in [0.05, 0.1) is 0 Å². The number of hydrogen-bond acceptors (Lipinski definition) is 1. The molecule has 0 unspecified atom stereocenters. The van der Waals surface area contributed by atoms with Gasteiger partial charge in [-0.3, -0.25) is 0 Å². The average Bonchev–Trinajstić information content (AvgIpc) is 2.70. The molecule has 31 heavy (non-hydrogen) atoms. The molecule has 3 rings (SSSR count). The van der Waals surface area contributed by atoms with Gasteiger partial charge in [0.25, 0.3) is 0 Å². The summed E-state index contributed by atoms with van der Waals surface area (Å²) in [7, 11) is 0. The molecule has 3 aromatic carbocycles. The van der Waals surface area contributed by atoms with E-state index in [1.807, 2.05) is 6.92 Å². The predicted molar refractivity (Wildman–Crippen MR) is 101 cm³/mol. The fourth-order valence-electron chi connectivity index (χ4n) is 3.13. The van der Waals surface area contributed by atoms with E-state index in [4.69, 9.17) is 0 Å². The summed E-state index contributed by atoms with van der Waals surface area (Å²) in [5, 5.41) is 0. The van der Waals surface area contributed by atoms with Crippen molar-refractivity contribution >= 4 is 0 Å². The Hall–Kier alpha value is -3.03. The summed E-state index contributed by atoms with van der Waals surface area (Å²) >= 11 is 0. The maximum absolute atomic E-state index is 14.5. The Morgan fingerprint density at radius 3 is 1.90 bits per heavy atom. The normalized spacial score (nSPS) is 11.6. The molecule has 0 amide bonds. The number of aryl methyl sites for hydroxylation is 1. The maximum atomic E-state index is 14.5. The van der Waals surface area contributed by atoms with Crippen LogP contribution in [0.2, 0.25) is 0 Å². The van der Waals surface area contributed by atoms with Crippen LogP contribution >= 0.6 is 0 Å². The summed E-state index contributed by atoms with van der Waals surface area (Å²) in [5.74, 6) is -9.71. The van der Waals surface area contributed by atoms with Crippen LogP contribution in [0, 0.1) is 36.0 Å². The van der Waals surface area contributed by atoms with Crippen molar-refractivity contribution < 1.29 is 35.5 Å². The second-order valence-electron chi connectivity index (χ2n) is 6.99. The van der Waals surface area contributed by atoms with Crippen molar-refractivity contribution in [1.29, 1.82) is 0 Å². The molecule has 0 aliphatic carbocycles. The molecule has 164 valence electrons. The van der Waals surface area contributed by atoms with Crippen LogP contribution in [-0.2, 0) is 12.5 Å². The van der Waals surface area contributed by atoms with E-state index in [2.05, 4.69) is 4.74 Å². The minimum atomic E-state index is -4.63. The van der Waals surface area contributed by atoms with E-state index in [1.54, 1.807) is 24.3 Å². The first-order chi connectivity index (χ1) is 14.5. The fraction of sp³-hybridized carbons (Fsp3) is 0.217. The SMILES string of the molecule is CCCc1ccc(-c2cc(F)c(C(F)(F)Oc3cc(F)c(F)c(F)c3C)c(F)c2)cc1. The molecular formula is C23H17F7O. The Morgan fingerprint density at radius 1 is 0.774 bits per heavy atom. The van der Waals surface area contributed by atoms with Crippen molar-refractivity contribution in [3.05, 3.63) is 88.2 Å².